The van der Waals surface area contributed by atoms with E-state index in [1.54, 1.807) is 41.5 Å². The van der Waals surface area contributed by atoms with Gasteiger partial charge in [0.25, 0.3) is 0 Å². The molecule has 0 aromatic heterocycles. The van der Waals surface area contributed by atoms with Crippen LogP contribution in [0.2, 0.25) is 0 Å². The van der Waals surface area contributed by atoms with E-state index >= 15 is 0 Å². The normalized spacial score (nSPS) is 27.0. The number of carbonyl (C=O) groups excluding carboxylic acids is 4. The van der Waals surface area contributed by atoms with Crippen LogP contribution >= 0.6 is 0 Å². The minimum absolute atomic E-state index is 0.360. The maximum Gasteiger partial charge on any atom is 0.311 e. The molecule has 1 heterocycles. The molecule has 1 saturated heterocycles. The van der Waals surface area contributed by atoms with Crippen molar-refractivity contribution in [3.63, 3.8) is 0 Å². The number of hydrogen-bond donors (Lipinski definition) is 2. The van der Waals surface area contributed by atoms with Crippen molar-refractivity contribution in [3.05, 3.63) is 0 Å². The van der Waals surface area contributed by atoms with Gasteiger partial charge in [0.05, 0.1) is 10.8 Å². The molecule has 0 spiro atoms. The summed E-state index contributed by atoms with van der Waals surface area (Å²) in [6, 6.07) is -1.20. The van der Waals surface area contributed by atoms with Gasteiger partial charge in [0.15, 0.2) is 18.5 Å². The van der Waals surface area contributed by atoms with Crippen molar-refractivity contribution in [3.8, 4) is 0 Å². The van der Waals surface area contributed by atoms with Crippen molar-refractivity contribution < 1.29 is 43.2 Å². The first kappa shape index (κ1) is 25.8. The Morgan fingerprint density at radius 3 is 1.87 bits per heavy atom. The van der Waals surface area contributed by atoms with Gasteiger partial charge >= 0.3 is 17.9 Å². The highest BCUT2D eigenvalue weighted by molar-refractivity contribution is 5.76. The SMILES string of the molecule is CC(=O)N[C@H]1[C@@H](OC(=O)C(C)(C)C)[C@H](OC(C)=O)[C@@H](COC(=O)C(C)(C)C)O[C@H]1O. The van der Waals surface area contributed by atoms with E-state index in [-0.39, 0.29) is 6.61 Å². The molecular formula is C20H33NO9. The number of ether oxygens (including phenoxy) is 4. The third-order valence-corrected chi connectivity index (χ3v) is 4.18. The molecule has 0 aromatic rings. The molecule has 1 amide bonds. The maximum atomic E-state index is 12.5. The Balaban J connectivity index is 3.24. The second-order valence-electron chi connectivity index (χ2n) is 9.33. The highest BCUT2D eigenvalue weighted by Gasteiger charge is 2.51. The topological polar surface area (TPSA) is 137 Å². The van der Waals surface area contributed by atoms with Crippen molar-refractivity contribution in [1.29, 1.82) is 0 Å². The molecule has 1 fully saturated rings. The summed E-state index contributed by atoms with van der Waals surface area (Å²) < 4.78 is 21.6. The van der Waals surface area contributed by atoms with Crippen LogP contribution in [0.25, 0.3) is 0 Å². The Morgan fingerprint density at radius 1 is 0.900 bits per heavy atom. The van der Waals surface area contributed by atoms with Crippen LogP contribution in [0.15, 0.2) is 0 Å². The molecule has 1 rings (SSSR count). The Bertz CT molecular complexity index is 662. The lowest BCUT2D eigenvalue weighted by molar-refractivity contribution is -0.267. The van der Waals surface area contributed by atoms with Crippen LogP contribution in [0.3, 0.4) is 0 Å². The summed E-state index contributed by atoms with van der Waals surface area (Å²) in [7, 11) is 0. The quantitative estimate of drug-likeness (QED) is 0.475. The number of carbonyl (C=O) groups is 4. The molecular weight excluding hydrogens is 398 g/mol. The van der Waals surface area contributed by atoms with Gasteiger partial charge in [-0.1, -0.05) is 0 Å². The van der Waals surface area contributed by atoms with Gasteiger partial charge in [-0.2, -0.15) is 0 Å². The molecule has 1 aliphatic rings. The Hall–Kier alpha value is -2.20. The Labute approximate surface area is 176 Å². The summed E-state index contributed by atoms with van der Waals surface area (Å²) in [6.07, 6.45) is -5.23. The van der Waals surface area contributed by atoms with E-state index in [0.717, 1.165) is 6.92 Å². The number of rotatable bonds is 5. The van der Waals surface area contributed by atoms with E-state index in [1.807, 2.05) is 0 Å². The predicted molar refractivity (Wildman–Crippen MR) is 104 cm³/mol. The van der Waals surface area contributed by atoms with Gasteiger partial charge in [-0.05, 0) is 41.5 Å². The summed E-state index contributed by atoms with van der Waals surface area (Å²) in [5.41, 5.74) is -1.69. The molecule has 1 aliphatic heterocycles. The van der Waals surface area contributed by atoms with Gasteiger partial charge in [-0.3, -0.25) is 19.2 Å². The third kappa shape index (κ3) is 7.24. The molecule has 2 N–H and O–H groups in total. The fourth-order valence-electron chi connectivity index (χ4n) is 2.59. The van der Waals surface area contributed by atoms with Crippen molar-refractivity contribution in [2.75, 3.05) is 6.61 Å². The van der Waals surface area contributed by atoms with E-state index in [9.17, 15) is 24.3 Å². The van der Waals surface area contributed by atoms with Crippen LogP contribution in [0.4, 0.5) is 0 Å². The first-order chi connectivity index (χ1) is 13.5. The second kappa shape index (κ2) is 9.74. The minimum atomic E-state index is -1.60. The fraction of sp³-hybridized carbons (Fsp3) is 0.800. The van der Waals surface area contributed by atoms with Crippen molar-refractivity contribution in [2.45, 2.75) is 86.0 Å². The smallest absolute Gasteiger partial charge is 0.311 e. The van der Waals surface area contributed by atoms with Gasteiger partial charge in [-0.25, -0.2) is 0 Å². The molecule has 0 aliphatic carbocycles. The van der Waals surface area contributed by atoms with Crippen molar-refractivity contribution in [2.24, 2.45) is 10.8 Å². The van der Waals surface area contributed by atoms with Crippen LogP contribution in [0, 0.1) is 10.8 Å². The molecule has 10 nitrogen and oxygen atoms in total. The predicted octanol–water partition coefficient (Wildman–Crippen LogP) is 0.687. The summed E-state index contributed by atoms with van der Waals surface area (Å²) in [4.78, 5) is 48.0. The zero-order valence-corrected chi connectivity index (χ0v) is 18.8. The van der Waals surface area contributed by atoms with Gasteiger partial charge in [-0.15, -0.1) is 0 Å². The molecule has 30 heavy (non-hydrogen) atoms. The molecule has 5 atom stereocenters. The minimum Gasteiger partial charge on any atom is -0.462 e. The van der Waals surface area contributed by atoms with Crippen LogP contribution in [0.1, 0.15) is 55.4 Å². The largest absolute Gasteiger partial charge is 0.462 e. The highest BCUT2D eigenvalue weighted by atomic mass is 16.7. The van der Waals surface area contributed by atoms with Crippen molar-refractivity contribution >= 4 is 23.8 Å². The summed E-state index contributed by atoms with van der Waals surface area (Å²) in [6.45, 7) is 11.9. The second-order valence-corrected chi connectivity index (χ2v) is 9.33. The lowest BCUT2D eigenvalue weighted by Gasteiger charge is -2.44. The number of aliphatic hydroxyl groups is 1. The first-order valence-electron chi connectivity index (χ1n) is 9.70. The van der Waals surface area contributed by atoms with Crippen LogP contribution < -0.4 is 5.32 Å². The summed E-state index contributed by atoms with van der Waals surface area (Å²) >= 11 is 0. The molecule has 0 unspecified atom stereocenters. The van der Waals surface area contributed by atoms with E-state index < -0.39 is 65.3 Å². The highest BCUT2D eigenvalue weighted by Crippen LogP contribution is 2.29. The molecule has 0 radical (unpaired) electrons. The van der Waals surface area contributed by atoms with Gasteiger partial charge in [0.2, 0.25) is 5.91 Å². The molecule has 0 saturated carbocycles. The van der Waals surface area contributed by atoms with Crippen LogP contribution in [-0.2, 0) is 38.1 Å². The van der Waals surface area contributed by atoms with Gasteiger partial charge < -0.3 is 29.4 Å². The zero-order valence-electron chi connectivity index (χ0n) is 18.8. The lowest BCUT2D eigenvalue weighted by atomic mass is 9.93. The van der Waals surface area contributed by atoms with Crippen LogP contribution in [0.5, 0.6) is 0 Å². The lowest BCUT2D eigenvalue weighted by Crippen LogP contribution is -2.66. The molecule has 0 bridgehead atoms. The average molecular weight is 431 g/mol. The number of amides is 1. The van der Waals surface area contributed by atoms with E-state index in [0.29, 0.717) is 0 Å². The van der Waals surface area contributed by atoms with Gasteiger partial charge in [0, 0.05) is 13.8 Å². The van der Waals surface area contributed by atoms with Gasteiger partial charge in [0.1, 0.15) is 18.8 Å². The van der Waals surface area contributed by atoms with E-state index in [2.05, 4.69) is 5.32 Å². The van der Waals surface area contributed by atoms with Crippen LogP contribution in [-0.4, -0.2) is 66.2 Å². The molecule has 0 aromatic carbocycles. The summed E-state index contributed by atoms with van der Waals surface area (Å²) in [5.74, 6) is -2.39. The Kier molecular flexibility index (Phi) is 8.39. The first-order valence-corrected chi connectivity index (χ1v) is 9.70. The summed E-state index contributed by atoms with van der Waals surface area (Å²) in [5, 5.41) is 12.9. The number of esters is 3. The monoisotopic (exact) mass is 431 g/mol. The number of aliphatic hydroxyl groups excluding tert-OH is 1. The third-order valence-electron chi connectivity index (χ3n) is 4.18. The standard InChI is InChI=1S/C20H33NO9/c1-10(22)21-13-15(30-18(26)20(6,7)8)14(28-11(2)23)12(29-16(13)24)9-27-17(25)19(3,4)5/h12-16,24H,9H2,1-8H3,(H,21,22)/t12-,13+,14-,15-,16-/m1/s1. The maximum absolute atomic E-state index is 12.5. The number of nitrogens with one attached hydrogen (secondary N) is 1. The fourth-order valence-corrected chi connectivity index (χ4v) is 2.59. The zero-order chi connectivity index (χ0) is 23.4. The van der Waals surface area contributed by atoms with Crippen molar-refractivity contribution in [1.82, 2.24) is 5.32 Å². The Morgan fingerprint density at radius 2 is 1.43 bits per heavy atom. The molecule has 10 heteroatoms. The van der Waals surface area contributed by atoms with E-state index in [1.165, 1.54) is 6.92 Å². The average Bonchev–Trinajstić information content (AvgIpc) is 2.55. The number of hydrogen-bond acceptors (Lipinski definition) is 9. The van der Waals surface area contributed by atoms with E-state index in [4.69, 9.17) is 18.9 Å². The molecule has 172 valence electrons.